The molecule has 5 N–H and O–H groups in total. The van der Waals surface area contributed by atoms with Crippen molar-refractivity contribution in [2.45, 2.75) is 20.7 Å². The summed E-state index contributed by atoms with van der Waals surface area (Å²) in [6.07, 6.45) is 1.33. The topological polar surface area (TPSA) is 120 Å². The summed E-state index contributed by atoms with van der Waals surface area (Å²) >= 11 is 0. The first-order chi connectivity index (χ1) is 12.4. The summed E-state index contributed by atoms with van der Waals surface area (Å²) in [5.41, 5.74) is 12.0. The number of amides is 1. The van der Waals surface area contributed by atoms with Crippen molar-refractivity contribution in [3.8, 4) is 16.9 Å². The van der Waals surface area contributed by atoms with E-state index in [0.29, 0.717) is 5.56 Å². The van der Waals surface area contributed by atoms with Gasteiger partial charge in [0.15, 0.2) is 5.65 Å². The molecule has 0 aliphatic rings. The van der Waals surface area contributed by atoms with Crippen LogP contribution < -0.4 is 11.5 Å². The van der Waals surface area contributed by atoms with Crippen LogP contribution in [0.4, 0.5) is 10.1 Å². The van der Waals surface area contributed by atoms with Crippen molar-refractivity contribution in [3.63, 3.8) is 0 Å². The lowest BCUT2D eigenvalue weighted by atomic mass is 9.93. The zero-order valence-electron chi connectivity index (χ0n) is 15.9. The number of rotatable bonds is 2. The predicted octanol–water partition coefficient (Wildman–Crippen LogP) is 1.85. The standard InChI is InChI=1S/C16H16FN5O2/c1-6-10(17)4-11(23)7(2)12(6)9-5-22-16(20-8(3)21-22)13(14(9)18)15(19)24/h4-5,23H,18H2,1-3H3,(H2,19,24)/i3D3. The van der Waals surface area contributed by atoms with Gasteiger partial charge in [-0.15, -0.1) is 0 Å². The molecule has 0 aliphatic heterocycles. The molecule has 0 unspecified atom stereocenters. The molecular weight excluding hydrogens is 313 g/mol. The Morgan fingerprint density at radius 1 is 1.42 bits per heavy atom. The van der Waals surface area contributed by atoms with E-state index in [-0.39, 0.29) is 39.3 Å². The largest absolute Gasteiger partial charge is 0.508 e. The molecule has 0 atom stereocenters. The Morgan fingerprint density at radius 3 is 2.75 bits per heavy atom. The van der Waals surface area contributed by atoms with Crippen LogP contribution in [-0.4, -0.2) is 25.6 Å². The molecule has 0 aliphatic carbocycles. The molecule has 0 saturated heterocycles. The molecule has 0 radical (unpaired) electrons. The third-order valence-corrected chi connectivity index (χ3v) is 3.94. The molecule has 2 heterocycles. The number of aromatic hydroxyl groups is 1. The van der Waals surface area contributed by atoms with Crippen LogP contribution in [0.1, 0.15) is 31.4 Å². The van der Waals surface area contributed by atoms with Gasteiger partial charge < -0.3 is 16.6 Å². The highest BCUT2D eigenvalue weighted by Gasteiger charge is 2.23. The molecule has 7 nitrogen and oxygen atoms in total. The first-order valence-corrected chi connectivity index (χ1v) is 6.91. The molecule has 24 heavy (non-hydrogen) atoms. The maximum absolute atomic E-state index is 14.2. The van der Waals surface area contributed by atoms with E-state index in [0.717, 1.165) is 10.6 Å². The van der Waals surface area contributed by atoms with Crippen molar-refractivity contribution in [2.24, 2.45) is 5.73 Å². The zero-order chi connectivity index (χ0) is 20.3. The molecule has 3 rings (SSSR count). The normalized spacial score (nSPS) is 13.5. The maximum Gasteiger partial charge on any atom is 0.254 e. The summed E-state index contributed by atoms with van der Waals surface area (Å²) in [7, 11) is 0. The number of nitrogens with two attached hydrogens (primary N) is 2. The van der Waals surface area contributed by atoms with Crippen LogP contribution in [-0.2, 0) is 0 Å². The first-order valence-electron chi connectivity index (χ1n) is 8.41. The number of primary amides is 1. The minimum Gasteiger partial charge on any atom is -0.508 e. The molecule has 0 spiro atoms. The van der Waals surface area contributed by atoms with E-state index in [1.807, 2.05) is 0 Å². The third-order valence-electron chi connectivity index (χ3n) is 3.94. The fraction of sp³-hybridized carbons (Fsp3) is 0.188. The minimum absolute atomic E-state index is 0.115. The Morgan fingerprint density at radius 2 is 2.12 bits per heavy atom. The molecule has 8 heteroatoms. The number of fused-ring (bicyclic) bond motifs is 1. The van der Waals surface area contributed by atoms with Crippen molar-refractivity contribution in [2.75, 3.05) is 5.73 Å². The van der Waals surface area contributed by atoms with E-state index in [9.17, 15) is 14.3 Å². The summed E-state index contributed by atoms with van der Waals surface area (Å²) in [4.78, 5) is 15.8. The Balaban J connectivity index is 2.46. The second-order valence-electron chi connectivity index (χ2n) is 5.40. The number of halogens is 1. The highest BCUT2D eigenvalue weighted by Crippen LogP contribution is 2.38. The van der Waals surface area contributed by atoms with E-state index < -0.39 is 24.4 Å². The lowest BCUT2D eigenvalue weighted by Crippen LogP contribution is -2.17. The number of anilines is 1. The van der Waals surface area contributed by atoms with Crippen LogP contribution in [0.3, 0.4) is 0 Å². The lowest BCUT2D eigenvalue weighted by molar-refractivity contribution is 0.100. The lowest BCUT2D eigenvalue weighted by Gasteiger charge is -2.16. The second-order valence-corrected chi connectivity index (χ2v) is 5.40. The van der Waals surface area contributed by atoms with Crippen molar-refractivity contribution in [3.05, 3.63) is 40.6 Å². The Labute approximate surface area is 140 Å². The van der Waals surface area contributed by atoms with Gasteiger partial charge in [-0.1, -0.05) is 0 Å². The zero-order valence-corrected chi connectivity index (χ0v) is 12.9. The highest BCUT2D eigenvalue weighted by molar-refractivity contribution is 6.07. The fourth-order valence-corrected chi connectivity index (χ4v) is 2.74. The molecule has 2 aromatic heterocycles. The Bertz CT molecular complexity index is 1080. The Hall–Kier alpha value is -3.16. The van der Waals surface area contributed by atoms with Crippen LogP contribution in [0.25, 0.3) is 16.8 Å². The number of nitrogens with zero attached hydrogens (tertiary/aromatic N) is 3. The van der Waals surface area contributed by atoms with E-state index in [2.05, 4.69) is 10.1 Å². The molecule has 0 saturated carbocycles. The summed E-state index contributed by atoms with van der Waals surface area (Å²) in [5, 5.41) is 13.9. The van der Waals surface area contributed by atoms with Gasteiger partial charge >= 0.3 is 0 Å². The number of hydrogen-bond donors (Lipinski definition) is 3. The van der Waals surface area contributed by atoms with Crippen molar-refractivity contribution in [1.29, 1.82) is 0 Å². The number of aryl methyl sites for hydroxylation is 1. The average molecular weight is 332 g/mol. The number of pyridine rings is 1. The van der Waals surface area contributed by atoms with Gasteiger partial charge in [-0.2, -0.15) is 5.10 Å². The highest BCUT2D eigenvalue weighted by atomic mass is 19.1. The van der Waals surface area contributed by atoms with E-state index in [4.69, 9.17) is 15.6 Å². The molecule has 0 bridgehead atoms. The molecule has 124 valence electrons. The van der Waals surface area contributed by atoms with Crippen LogP contribution >= 0.6 is 0 Å². The van der Waals surface area contributed by atoms with Crippen molar-refractivity contribution in [1.82, 2.24) is 14.6 Å². The third kappa shape index (κ3) is 2.15. The maximum atomic E-state index is 14.2. The Kier molecular flexibility index (Phi) is 2.66. The van der Waals surface area contributed by atoms with Crippen LogP contribution in [0.2, 0.25) is 0 Å². The van der Waals surface area contributed by atoms with Gasteiger partial charge in [0.05, 0.1) is 5.69 Å². The summed E-state index contributed by atoms with van der Waals surface area (Å²) in [6, 6.07) is 0.972. The number of carbonyl (C=O) groups excluding carboxylic acids is 1. The molecule has 1 aromatic carbocycles. The van der Waals surface area contributed by atoms with Gasteiger partial charge in [-0.05, 0) is 37.4 Å². The minimum atomic E-state index is -2.61. The smallest absolute Gasteiger partial charge is 0.254 e. The van der Waals surface area contributed by atoms with Gasteiger partial charge in [0.1, 0.15) is 23.0 Å². The number of phenolic OH excluding ortho intramolecular Hbond substituents is 1. The summed E-state index contributed by atoms with van der Waals surface area (Å²) in [6.45, 7) is 0.429. The van der Waals surface area contributed by atoms with Gasteiger partial charge in [0.25, 0.3) is 5.91 Å². The number of nitrogen functional groups attached to an aromatic ring is 1. The van der Waals surface area contributed by atoms with Crippen molar-refractivity contribution < 1.29 is 18.4 Å². The number of carbonyl (C=O) groups is 1. The summed E-state index contributed by atoms with van der Waals surface area (Å²) < 4.78 is 37.6. The predicted molar refractivity (Wildman–Crippen MR) is 87.2 cm³/mol. The van der Waals surface area contributed by atoms with E-state index >= 15 is 0 Å². The van der Waals surface area contributed by atoms with E-state index in [1.54, 1.807) is 6.92 Å². The molecular formula is C16H16FN5O2. The second kappa shape index (κ2) is 5.19. The van der Waals surface area contributed by atoms with Gasteiger partial charge in [0, 0.05) is 21.9 Å². The molecule has 3 aromatic rings. The fourth-order valence-electron chi connectivity index (χ4n) is 2.74. The molecule has 0 fully saturated rings. The average Bonchev–Trinajstić information content (AvgIpc) is 2.97. The van der Waals surface area contributed by atoms with Crippen molar-refractivity contribution >= 4 is 17.2 Å². The quantitative estimate of drug-likeness (QED) is 0.661. The van der Waals surface area contributed by atoms with E-state index in [1.165, 1.54) is 13.1 Å². The van der Waals surface area contributed by atoms with Crippen LogP contribution in [0, 0.1) is 26.5 Å². The number of hydrogen-bond acceptors (Lipinski definition) is 5. The number of aromatic nitrogens is 3. The monoisotopic (exact) mass is 332 g/mol. The first kappa shape index (κ1) is 12.3. The van der Waals surface area contributed by atoms with Crippen LogP contribution in [0.5, 0.6) is 5.75 Å². The number of benzene rings is 1. The van der Waals surface area contributed by atoms with Gasteiger partial charge in [-0.25, -0.2) is 13.9 Å². The van der Waals surface area contributed by atoms with Gasteiger partial charge in [-0.3, -0.25) is 4.79 Å². The molecule has 1 amide bonds. The van der Waals surface area contributed by atoms with Crippen LogP contribution in [0.15, 0.2) is 12.3 Å². The number of phenols is 1. The SMILES string of the molecule is [2H]C([2H])([2H])c1nc2c(C(N)=O)c(N)c(-c3c(C)c(O)cc(F)c3C)cn2n1. The summed E-state index contributed by atoms with van der Waals surface area (Å²) in [5.74, 6) is -2.40. The van der Waals surface area contributed by atoms with Gasteiger partial charge in [0.2, 0.25) is 0 Å².